The Morgan fingerprint density at radius 1 is 1.54 bits per heavy atom. The molecular formula is C8H13N5. The van der Waals surface area contributed by atoms with Crippen LogP contribution in [0.4, 0.5) is 0 Å². The van der Waals surface area contributed by atoms with E-state index in [9.17, 15) is 0 Å². The van der Waals surface area contributed by atoms with E-state index in [0.29, 0.717) is 0 Å². The van der Waals surface area contributed by atoms with Gasteiger partial charge in [-0.05, 0) is 13.0 Å². The Morgan fingerprint density at radius 2 is 2.31 bits per heavy atom. The Hall–Kier alpha value is -1.36. The van der Waals surface area contributed by atoms with Crippen molar-refractivity contribution in [1.29, 1.82) is 0 Å². The monoisotopic (exact) mass is 179 g/mol. The van der Waals surface area contributed by atoms with Gasteiger partial charge in [0.1, 0.15) is 5.69 Å². The molecule has 0 saturated carbocycles. The molecule has 0 aliphatic carbocycles. The van der Waals surface area contributed by atoms with Crippen LogP contribution in [0.2, 0.25) is 0 Å². The lowest BCUT2D eigenvalue weighted by Crippen LogP contribution is -2.36. The van der Waals surface area contributed by atoms with E-state index in [4.69, 9.17) is 5.84 Å². The Labute approximate surface area is 76.8 Å². The molecule has 1 aromatic rings. The predicted molar refractivity (Wildman–Crippen MR) is 50.2 cm³/mol. The summed E-state index contributed by atoms with van der Waals surface area (Å²) in [6, 6.07) is 1.99. The highest BCUT2D eigenvalue weighted by Crippen LogP contribution is 2.08. The minimum atomic E-state index is 0.774. The SMILES string of the molecule is Cc1cc(C2=NCCN2N)n(C)n1. The average molecular weight is 179 g/mol. The van der Waals surface area contributed by atoms with Gasteiger partial charge >= 0.3 is 0 Å². The van der Waals surface area contributed by atoms with Gasteiger partial charge in [-0.2, -0.15) is 5.10 Å². The molecular weight excluding hydrogens is 166 g/mol. The third kappa shape index (κ3) is 1.31. The standard InChI is InChI=1S/C8H13N5/c1-6-5-7(12(2)11-6)8-10-3-4-13(8)9/h5H,3-4,9H2,1-2H3. The smallest absolute Gasteiger partial charge is 0.163 e. The minimum absolute atomic E-state index is 0.774. The van der Waals surface area contributed by atoms with Crippen molar-refractivity contribution in [1.82, 2.24) is 14.8 Å². The summed E-state index contributed by atoms with van der Waals surface area (Å²) in [4.78, 5) is 4.32. The van der Waals surface area contributed by atoms with Crippen molar-refractivity contribution < 1.29 is 0 Å². The second kappa shape index (κ2) is 2.85. The lowest BCUT2D eigenvalue weighted by Gasteiger charge is -2.12. The molecule has 1 aliphatic rings. The van der Waals surface area contributed by atoms with Crippen LogP contribution in [0.1, 0.15) is 11.4 Å². The van der Waals surface area contributed by atoms with Crippen LogP contribution >= 0.6 is 0 Å². The van der Waals surface area contributed by atoms with Crippen molar-refractivity contribution in [3.05, 3.63) is 17.5 Å². The summed E-state index contributed by atoms with van der Waals surface area (Å²) in [7, 11) is 1.90. The molecule has 0 atom stereocenters. The molecule has 0 amide bonds. The van der Waals surface area contributed by atoms with Crippen LogP contribution in [0.5, 0.6) is 0 Å². The van der Waals surface area contributed by atoms with Crippen LogP contribution < -0.4 is 5.84 Å². The molecule has 0 unspecified atom stereocenters. The topological polar surface area (TPSA) is 59.4 Å². The second-order valence-electron chi connectivity index (χ2n) is 3.19. The molecule has 0 radical (unpaired) electrons. The first-order chi connectivity index (χ1) is 6.18. The molecule has 70 valence electrons. The van der Waals surface area contributed by atoms with Crippen molar-refractivity contribution in [3.8, 4) is 0 Å². The van der Waals surface area contributed by atoms with E-state index in [1.54, 1.807) is 9.69 Å². The van der Waals surface area contributed by atoms with Gasteiger partial charge in [-0.15, -0.1) is 0 Å². The highest BCUT2D eigenvalue weighted by molar-refractivity contribution is 5.97. The van der Waals surface area contributed by atoms with E-state index in [1.165, 1.54) is 0 Å². The number of nitrogens with two attached hydrogens (primary N) is 1. The summed E-state index contributed by atoms with van der Waals surface area (Å²) in [6.07, 6.45) is 0. The zero-order valence-corrected chi connectivity index (χ0v) is 7.86. The van der Waals surface area contributed by atoms with Gasteiger partial charge in [0.2, 0.25) is 0 Å². The number of hydrazine groups is 1. The lowest BCUT2D eigenvalue weighted by atomic mass is 10.3. The average Bonchev–Trinajstić information content (AvgIpc) is 2.58. The number of amidine groups is 1. The van der Waals surface area contributed by atoms with Crippen molar-refractivity contribution in [2.75, 3.05) is 13.1 Å². The maximum Gasteiger partial charge on any atom is 0.163 e. The first-order valence-electron chi connectivity index (χ1n) is 4.26. The van der Waals surface area contributed by atoms with Crippen LogP contribution in [0.25, 0.3) is 0 Å². The number of hydrogen-bond acceptors (Lipinski definition) is 4. The van der Waals surface area contributed by atoms with Crippen LogP contribution in [-0.2, 0) is 7.05 Å². The van der Waals surface area contributed by atoms with Gasteiger partial charge in [-0.3, -0.25) is 14.7 Å². The molecule has 2 rings (SSSR count). The maximum atomic E-state index is 5.75. The van der Waals surface area contributed by atoms with Crippen molar-refractivity contribution in [3.63, 3.8) is 0 Å². The predicted octanol–water partition coefficient (Wildman–Crippen LogP) is -0.336. The molecule has 0 spiro atoms. The van der Waals surface area contributed by atoms with E-state index in [-0.39, 0.29) is 0 Å². The van der Waals surface area contributed by atoms with Crippen molar-refractivity contribution in [2.45, 2.75) is 6.92 Å². The highest BCUT2D eigenvalue weighted by Gasteiger charge is 2.18. The van der Waals surface area contributed by atoms with Crippen molar-refractivity contribution in [2.24, 2.45) is 17.9 Å². The first-order valence-corrected chi connectivity index (χ1v) is 4.26. The van der Waals surface area contributed by atoms with Gasteiger partial charge in [-0.25, -0.2) is 5.84 Å². The van der Waals surface area contributed by atoms with E-state index >= 15 is 0 Å². The minimum Gasteiger partial charge on any atom is -0.291 e. The van der Waals surface area contributed by atoms with E-state index in [1.807, 2.05) is 20.0 Å². The van der Waals surface area contributed by atoms with Gasteiger partial charge in [0.05, 0.1) is 18.8 Å². The normalized spacial score (nSPS) is 16.5. The molecule has 5 heteroatoms. The highest BCUT2D eigenvalue weighted by atomic mass is 15.5. The fourth-order valence-electron chi connectivity index (χ4n) is 1.51. The van der Waals surface area contributed by atoms with Crippen LogP contribution in [0, 0.1) is 6.92 Å². The molecule has 0 saturated heterocycles. The summed E-state index contributed by atoms with van der Waals surface area (Å²) >= 11 is 0. The molecule has 1 aliphatic heterocycles. The second-order valence-corrected chi connectivity index (χ2v) is 3.19. The number of aromatic nitrogens is 2. The van der Waals surface area contributed by atoms with Gasteiger partial charge < -0.3 is 0 Å². The quantitative estimate of drug-likeness (QED) is 0.600. The number of aryl methyl sites for hydroxylation is 2. The number of aliphatic imine (C=N–C) groups is 1. The fourth-order valence-corrected chi connectivity index (χ4v) is 1.51. The molecule has 0 bridgehead atoms. The maximum absolute atomic E-state index is 5.75. The zero-order valence-electron chi connectivity index (χ0n) is 7.86. The van der Waals surface area contributed by atoms with E-state index in [2.05, 4.69) is 10.1 Å². The molecule has 1 aromatic heterocycles. The molecule has 2 heterocycles. The van der Waals surface area contributed by atoms with Crippen LogP contribution in [-0.4, -0.2) is 33.7 Å². The summed E-state index contributed by atoms with van der Waals surface area (Å²) in [5, 5.41) is 5.91. The van der Waals surface area contributed by atoms with Gasteiger partial charge in [-0.1, -0.05) is 0 Å². The van der Waals surface area contributed by atoms with Crippen LogP contribution in [0.3, 0.4) is 0 Å². The molecule has 0 aromatic carbocycles. The third-order valence-corrected chi connectivity index (χ3v) is 2.11. The number of hydrogen-bond donors (Lipinski definition) is 1. The Morgan fingerprint density at radius 3 is 2.77 bits per heavy atom. The summed E-state index contributed by atoms with van der Waals surface area (Å²) in [5.41, 5.74) is 1.97. The Balaban J connectivity index is 2.40. The van der Waals surface area contributed by atoms with Crippen molar-refractivity contribution >= 4 is 5.84 Å². The number of rotatable bonds is 1. The molecule has 2 N–H and O–H groups in total. The number of nitrogens with zero attached hydrogens (tertiary/aromatic N) is 4. The first kappa shape index (κ1) is 8.25. The molecule has 0 fully saturated rings. The van der Waals surface area contributed by atoms with E-state index < -0.39 is 0 Å². The summed E-state index contributed by atoms with van der Waals surface area (Å²) in [5.74, 6) is 6.59. The summed E-state index contributed by atoms with van der Waals surface area (Å²) < 4.78 is 1.80. The Kier molecular flexibility index (Phi) is 1.81. The van der Waals surface area contributed by atoms with E-state index in [0.717, 1.165) is 30.3 Å². The third-order valence-electron chi connectivity index (χ3n) is 2.11. The van der Waals surface area contributed by atoms with Gasteiger partial charge in [0.15, 0.2) is 5.84 Å². The molecule has 5 nitrogen and oxygen atoms in total. The van der Waals surface area contributed by atoms with Gasteiger partial charge in [0, 0.05) is 7.05 Å². The lowest BCUT2D eigenvalue weighted by molar-refractivity contribution is 0.481. The Bertz CT molecular complexity index is 351. The van der Waals surface area contributed by atoms with Gasteiger partial charge in [0.25, 0.3) is 0 Å². The fraction of sp³-hybridized carbons (Fsp3) is 0.500. The van der Waals surface area contributed by atoms with Crippen LogP contribution in [0.15, 0.2) is 11.1 Å². The largest absolute Gasteiger partial charge is 0.291 e. The summed E-state index contributed by atoms with van der Waals surface area (Å²) in [6.45, 7) is 3.52. The zero-order chi connectivity index (χ0) is 9.42. The molecule has 13 heavy (non-hydrogen) atoms.